The first-order valence-electron chi connectivity index (χ1n) is 9.64. The van der Waals surface area contributed by atoms with E-state index in [0.717, 1.165) is 19.1 Å². The molecule has 8 heteroatoms. The first-order chi connectivity index (χ1) is 13.8. The summed E-state index contributed by atoms with van der Waals surface area (Å²) in [5.41, 5.74) is 0.304. The maximum absolute atomic E-state index is 12.5. The van der Waals surface area contributed by atoms with Crippen LogP contribution in [0.15, 0.2) is 52.3 Å². The number of benzene rings is 1. The van der Waals surface area contributed by atoms with Crippen molar-refractivity contribution >= 4 is 15.8 Å². The molecule has 0 amide bonds. The number of pyridine rings is 1. The highest BCUT2D eigenvalue weighted by molar-refractivity contribution is 7.90. The number of hydrogen-bond acceptors (Lipinski definition) is 6. The summed E-state index contributed by atoms with van der Waals surface area (Å²) in [5, 5.41) is 0. The molecule has 7 nitrogen and oxygen atoms in total. The molecule has 1 heterocycles. The van der Waals surface area contributed by atoms with Crippen molar-refractivity contribution < 1.29 is 22.7 Å². The Morgan fingerprint density at radius 3 is 2.31 bits per heavy atom. The van der Waals surface area contributed by atoms with Gasteiger partial charge in [0.05, 0.1) is 23.5 Å². The molecule has 1 aromatic heterocycles. The van der Waals surface area contributed by atoms with Crippen LogP contribution in [0, 0.1) is 5.92 Å². The Labute approximate surface area is 170 Å². The highest BCUT2D eigenvalue weighted by Crippen LogP contribution is 2.28. The van der Waals surface area contributed by atoms with E-state index < -0.39 is 9.84 Å². The van der Waals surface area contributed by atoms with Crippen molar-refractivity contribution in [2.45, 2.75) is 43.6 Å². The fourth-order valence-electron chi connectivity index (χ4n) is 3.47. The molecule has 3 rings (SSSR count). The fourth-order valence-corrected chi connectivity index (χ4v) is 4.10. The number of carbonyl (C=O) groups is 1. The van der Waals surface area contributed by atoms with E-state index in [-0.39, 0.29) is 28.4 Å². The molecule has 0 unspecified atom stereocenters. The van der Waals surface area contributed by atoms with Crippen molar-refractivity contribution in [3.05, 3.63) is 52.9 Å². The van der Waals surface area contributed by atoms with Gasteiger partial charge in [0, 0.05) is 24.2 Å². The first kappa shape index (κ1) is 21.1. The zero-order valence-corrected chi connectivity index (χ0v) is 17.4. The Bertz CT molecular complexity index is 1020. The van der Waals surface area contributed by atoms with E-state index in [9.17, 15) is 18.0 Å². The van der Waals surface area contributed by atoms with Gasteiger partial charge in [0.15, 0.2) is 9.84 Å². The summed E-state index contributed by atoms with van der Waals surface area (Å²) >= 11 is 0. The van der Waals surface area contributed by atoms with Crippen molar-refractivity contribution in [2.24, 2.45) is 5.92 Å². The number of nitrogens with zero attached hydrogens (tertiary/aromatic N) is 1. The van der Waals surface area contributed by atoms with Gasteiger partial charge < -0.3 is 9.47 Å². The third-order valence-electron chi connectivity index (χ3n) is 5.03. The molecule has 156 valence electrons. The van der Waals surface area contributed by atoms with E-state index in [1.54, 1.807) is 31.3 Å². The van der Waals surface area contributed by atoms with Crippen LogP contribution in [0.4, 0.5) is 0 Å². The zero-order chi connectivity index (χ0) is 21.0. The van der Waals surface area contributed by atoms with Crippen LogP contribution < -0.4 is 10.3 Å². The predicted molar refractivity (Wildman–Crippen MR) is 108 cm³/mol. The number of carbonyl (C=O) groups excluding carboxylic acids is 1. The Hall–Kier alpha value is -2.61. The van der Waals surface area contributed by atoms with Gasteiger partial charge in [-0.05, 0) is 62.9 Å². The van der Waals surface area contributed by atoms with Gasteiger partial charge in [-0.25, -0.2) is 8.42 Å². The number of ether oxygens (including phenoxy) is 2. The lowest BCUT2D eigenvalue weighted by Crippen LogP contribution is -2.29. The van der Waals surface area contributed by atoms with Crippen LogP contribution in [0.1, 0.15) is 32.6 Å². The summed E-state index contributed by atoms with van der Waals surface area (Å²) in [5.74, 6) is 0.270. The van der Waals surface area contributed by atoms with Gasteiger partial charge in [0.2, 0.25) is 0 Å². The molecule has 1 aliphatic rings. The molecule has 2 aromatic rings. The monoisotopic (exact) mass is 419 g/mol. The molecular weight excluding hydrogens is 394 g/mol. The van der Waals surface area contributed by atoms with Crippen molar-refractivity contribution in [3.8, 4) is 11.4 Å². The average molecular weight is 419 g/mol. The number of esters is 1. The average Bonchev–Trinajstić information content (AvgIpc) is 2.68. The number of rotatable bonds is 6. The molecule has 0 bridgehead atoms. The number of hydrogen-bond donors (Lipinski definition) is 0. The van der Waals surface area contributed by atoms with Crippen LogP contribution >= 0.6 is 0 Å². The molecule has 0 spiro atoms. The van der Waals surface area contributed by atoms with Crippen molar-refractivity contribution in [1.82, 2.24) is 4.57 Å². The summed E-state index contributed by atoms with van der Waals surface area (Å²) < 4.78 is 35.6. The van der Waals surface area contributed by atoms with E-state index in [1.807, 2.05) is 0 Å². The minimum atomic E-state index is -3.28. The largest absolute Gasteiger partial charge is 0.490 e. The second-order valence-electron chi connectivity index (χ2n) is 7.18. The SMILES string of the molecule is CCOC(=O)C1CCC(Oc2ccn(-c3ccc(S(C)(=O)=O)cc3)c(=O)c2)CC1. The van der Waals surface area contributed by atoms with Crippen LogP contribution in [-0.4, -0.2) is 37.9 Å². The van der Waals surface area contributed by atoms with Gasteiger partial charge in [-0.1, -0.05) is 0 Å². The molecule has 0 radical (unpaired) electrons. The number of sulfone groups is 1. The third kappa shape index (κ3) is 5.26. The van der Waals surface area contributed by atoms with Gasteiger partial charge in [-0.2, -0.15) is 0 Å². The minimum absolute atomic E-state index is 0.0371. The van der Waals surface area contributed by atoms with E-state index in [2.05, 4.69) is 0 Å². The Kier molecular flexibility index (Phi) is 6.42. The van der Waals surface area contributed by atoms with Crippen LogP contribution in [0.2, 0.25) is 0 Å². The molecule has 0 atom stereocenters. The Balaban J connectivity index is 1.65. The zero-order valence-electron chi connectivity index (χ0n) is 16.5. The standard InChI is InChI=1S/C21H25NO6S/c1-3-27-21(24)15-4-8-17(9-5-15)28-18-12-13-22(20(23)14-18)16-6-10-19(11-7-16)29(2,25)26/h6-7,10-15,17H,3-5,8-9H2,1-2H3. The van der Waals surface area contributed by atoms with Crippen LogP contribution in [0.5, 0.6) is 5.75 Å². The van der Waals surface area contributed by atoms with Crippen LogP contribution in [0.25, 0.3) is 5.69 Å². The van der Waals surface area contributed by atoms with Crippen LogP contribution in [0.3, 0.4) is 0 Å². The molecule has 0 N–H and O–H groups in total. The first-order valence-corrected chi connectivity index (χ1v) is 11.5. The molecule has 1 fully saturated rings. The topological polar surface area (TPSA) is 91.7 Å². The van der Waals surface area contributed by atoms with Gasteiger partial charge in [0.25, 0.3) is 5.56 Å². The maximum Gasteiger partial charge on any atom is 0.308 e. The van der Waals surface area contributed by atoms with E-state index in [0.29, 0.717) is 30.9 Å². The van der Waals surface area contributed by atoms with E-state index in [4.69, 9.17) is 9.47 Å². The summed E-state index contributed by atoms with van der Waals surface area (Å²) in [4.78, 5) is 24.5. The van der Waals surface area contributed by atoms with Gasteiger partial charge in [0.1, 0.15) is 5.75 Å². The predicted octanol–water partition coefficient (Wildman–Crippen LogP) is 2.74. The smallest absolute Gasteiger partial charge is 0.308 e. The summed E-state index contributed by atoms with van der Waals surface area (Å²) in [6.45, 7) is 2.19. The van der Waals surface area contributed by atoms with E-state index in [1.165, 1.54) is 22.8 Å². The molecule has 0 aliphatic heterocycles. The molecular formula is C21H25NO6S. The van der Waals surface area contributed by atoms with Gasteiger partial charge >= 0.3 is 5.97 Å². The summed E-state index contributed by atoms with van der Waals surface area (Å²) in [6, 6.07) is 9.27. The Morgan fingerprint density at radius 1 is 1.10 bits per heavy atom. The quantitative estimate of drug-likeness (QED) is 0.669. The lowest BCUT2D eigenvalue weighted by Gasteiger charge is -2.27. The van der Waals surface area contributed by atoms with Crippen LogP contribution in [-0.2, 0) is 19.4 Å². The molecule has 1 saturated carbocycles. The molecule has 1 aliphatic carbocycles. The second-order valence-corrected chi connectivity index (χ2v) is 9.20. The highest BCUT2D eigenvalue weighted by Gasteiger charge is 2.28. The van der Waals surface area contributed by atoms with E-state index >= 15 is 0 Å². The Morgan fingerprint density at radius 2 is 1.76 bits per heavy atom. The molecule has 29 heavy (non-hydrogen) atoms. The van der Waals surface area contributed by atoms with Crippen molar-refractivity contribution in [3.63, 3.8) is 0 Å². The fraction of sp³-hybridized carbons (Fsp3) is 0.429. The minimum Gasteiger partial charge on any atom is -0.490 e. The lowest BCUT2D eigenvalue weighted by atomic mass is 9.87. The normalized spacial score (nSPS) is 19.5. The second kappa shape index (κ2) is 8.82. The van der Waals surface area contributed by atoms with Gasteiger partial charge in [-0.15, -0.1) is 0 Å². The summed E-state index contributed by atoms with van der Waals surface area (Å²) in [7, 11) is -3.28. The lowest BCUT2D eigenvalue weighted by molar-refractivity contribution is -0.149. The van der Waals surface area contributed by atoms with Crippen molar-refractivity contribution in [1.29, 1.82) is 0 Å². The number of aromatic nitrogens is 1. The van der Waals surface area contributed by atoms with Gasteiger partial charge in [-0.3, -0.25) is 14.2 Å². The highest BCUT2D eigenvalue weighted by atomic mass is 32.2. The molecule has 0 saturated heterocycles. The maximum atomic E-state index is 12.5. The third-order valence-corrected chi connectivity index (χ3v) is 6.16. The molecule has 1 aromatic carbocycles. The summed E-state index contributed by atoms with van der Waals surface area (Å²) in [6.07, 6.45) is 5.61. The van der Waals surface area contributed by atoms with Crippen molar-refractivity contribution in [2.75, 3.05) is 12.9 Å².